The number of benzene rings is 1. The van der Waals surface area contributed by atoms with Crippen molar-refractivity contribution in [2.75, 3.05) is 20.8 Å². The van der Waals surface area contributed by atoms with E-state index in [1.165, 1.54) is 10.5 Å². The second-order valence-electron chi connectivity index (χ2n) is 9.27. The summed E-state index contributed by atoms with van der Waals surface area (Å²) in [5.74, 6) is -1.08. The lowest BCUT2D eigenvalue weighted by Gasteiger charge is -2.43. The highest BCUT2D eigenvalue weighted by Crippen LogP contribution is 2.50. The molecular formula is C25H32BNO6. The van der Waals surface area contributed by atoms with Crippen LogP contribution in [0.25, 0.3) is 6.08 Å². The summed E-state index contributed by atoms with van der Waals surface area (Å²) in [6.07, 6.45) is 4.91. The Morgan fingerprint density at radius 1 is 1.24 bits per heavy atom. The number of amides is 2. The number of carbonyl (C=O) groups excluding carboxylic acids is 2. The van der Waals surface area contributed by atoms with Crippen LogP contribution >= 0.6 is 0 Å². The summed E-state index contributed by atoms with van der Waals surface area (Å²) in [4.78, 5) is 26.9. The number of ether oxygens (including phenoxy) is 1. The van der Waals surface area contributed by atoms with E-state index in [4.69, 9.17) is 9.39 Å². The van der Waals surface area contributed by atoms with Gasteiger partial charge in [0.15, 0.2) is 0 Å². The zero-order chi connectivity index (χ0) is 23.7. The lowest BCUT2D eigenvalue weighted by atomic mass is 9.58. The van der Waals surface area contributed by atoms with Crippen LogP contribution in [0.4, 0.5) is 0 Å². The first-order valence-electron chi connectivity index (χ1n) is 11.7. The minimum Gasteiger partial charge on any atom is -0.508 e. The minimum atomic E-state index is -0.966. The Hall–Kier alpha value is -2.42. The lowest BCUT2D eigenvalue weighted by molar-refractivity contribution is -0.138. The van der Waals surface area contributed by atoms with Crippen LogP contribution in [0.2, 0.25) is 6.32 Å². The van der Waals surface area contributed by atoms with E-state index >= 15 is 0 Å². The molecule has 1 aromatic rings. The molecule has 7 nitrogen and oxygen atoms in total. The molecule has 1 aliphatic carbocycles. The average Bonchev–Trinajstić information content (AvgIpc) is 3.01. The summed E-state index contributed by atoms with van der Waals surface area (Å²) in [6, 6.07) is 7.09. The van der Waals surface area contributed by atoms with Gasteiger partial charge in [-0.15, -0.1) is 0 Å². The van der Waals surface area contributed by atoms with Gasteiger partial charge in [0.1, 0.15) is 5.75 Å². The van der Waals surface area contributed by atoms with Crippen LogP contribution in [0.3, 0.4) is 0 Å². The Morgan fingerprint density at radius 3 is 2.64 bits per heavy atom. The van der Waals surface area contributed by atoms with Crippen LogP contribution in [0.15, 0.2) is 41.0 Å². The predicted octanol–water partition coefficient (Wildman–Crippen LogP) is 3.04. The highest BCUT2D eigenvalue weighted by atomic mass is 16.5. The topological polar surface area (TPSA) is 96.3 Å². The molecule has 2 fully saturated rings. The largest absolute Gasteiger partial charge is 0.508 e. The number of allylic oxidation sites excluding steroid dienone is 1. The molecule has 176 valence electrons. The number of likely N-dealkylation sites (tertiary alicyclic amines) is 1. The molecule has 1 aromatic carbocycles. The highest BCUT2D eigenvalue weighted by molar-refractivity contribution is 6.43. The van der Waals surface area contributed by atoms with Crippen LogP contribution in [0.5, 0.6) is 5.75 Å². The third-order valence-electron chi connectivity index (χ3n) is 7.29. The van der Waals surface area contributed by atoms with Gasteiger partial charge in [-0.2, -0.15) is 0 Å². The molecule has 2 saturated heterocycles. The molecule has 0 spiro atoms. The second-order valence-corrected chi connectivity index (χ2v) is 9.27. The van der Waals surface area contributed by atoms with Crippen molar-refractivity contribution in [2.24, 2.45) is 17.8 Å². The van der Waals surface area contributed by atoms with E-state index in [0.29, 0.717) is 25.8 Å². The maximum atomic E-state index is 12.9. The van der Waals surface area contributed by atoms with Crippen LogP contribution < -0.4 is 0 Å². The zero-order valence-corrected chi connectivity index (χ0v) is 19.5. The zero-order valence-electron chi connectivity index (χ0n) is 19.5. The van der Waals surface area contributed by atoms with Gasteiger partial charge in [0, 0.05) is 14.2 Å². The molecule has 0 aromatic heterocycles. The van der Waals surface area contributed by atoms with Gasteiger partial charge in [-0.1, -0.05) is 30.7 Å². The third-order valence-corrected chi connectivity index (χ3v) is 7.29. The Balaban J connectivity index is 1.60. The first-order valence-corrected chi connectivity index (χ1v) is 11.7. The molecule has 2 heterocycles. The molecule has 4 rings (SSSR count). The molecule has 4 atom stereocenters. The van der Waals surface area contributed by atoms with Crippen molar-refractivity contribution in [2.45, 2.75) is 45.0 Å². The summed E-state index contributed by atoms with van der Waals surface area (Å²) in [5.41, 5.74) is 4.32. The standard InChI is InChI=1S/C25H32BNO6/c1-4-15(11-16-5-8-18(28)9-6-16)7-10-21-22-17(14-32-3)12-19-23(20(22)13-26(31)33-21)25(30)27(2)24(19)29/h5-6,8-9,11,19-21,23,28,31H,4,7,10,12-14H2,1-3H3/b15-11+/t19-,20+,21-,23-/m1/s1. The van der Waals surface area contributed by atoms with Crippen molar-refractivity contribution >= 4 is 25.0 Å². The molecule has 8 heteroatoms. The summed E-state index contributed by atoms with van der Waals surface area (Å²) in [7, 11) is 2.21. The van der Waals surface area contributed by atoms with Crippen molar-refractivity contribution < 1.29 is 29.1 Å². The van der Waals surface area contributed by atoms with Gasteiger partial charge < -0.3 is 19.5 Å². The van der Waals surface area contributed by atoms with E-state index in [-0.39, 0.29) is 35.5 Å². The molecule has 33 heavy (non-hydrogen) atoms. The maximum absolute atomic E-state index is 12.9. The average molecular weight is 453 g/mol. The molecule has 0 unspecified atom stereocenters. The number of carbonyl (C=O) groups is 2. The van der Waals surface area contributed by atoms with Crippen molar-refractivity contribution in [3.05, 3.63) is 46.5 Å². The number of methoxy groups -OCH3 is 1. The Morgan fingerprint density at radius 2 is 1.97 bits per heavy atom. The van der Waals surface area contributed by atoms with Gasteiger partial charge in [-0.05, 0) is 66.8 Å². The van der Waals surface area contributed by atoms with E-state index in [0.717, 1.165) is 29.6 Å². The number of phenolic OH excluding ortho intramolecular Hbond substituents is 1. The normalized spacial score (nSPS) is 27.8. The number of phenols is 1. The first kappa shape index (κ1) is 23.7. The molecule has 0 radical (unpaired) electrons. The number of nitrogens with zero attached hydrogens (tertiary/aromatic N) is 1. The smallest absolute Gasteiger partial charge is 0.455 e. The van der Waals surface area contributed by atoms with E-state index in [9.17, 15) is 19.7 Å². The molecule has 0 saturated carbocycles. The summed E-state index contributed by atoms with van der Waals surface area (Å²) >= 11 is 0. The summed E-state index contributed by atoms with van der Waals surface area (Å²) in [5, 5.41) is 20.0. The van der Waals surface area contributed by atoms with Gasteiger partial charge in [-0.25, -0.2) is 0 Å². The van der Waals surface area contributed by atoms with Gasteiger partial charge in [-0.3, -0.25) is 14.5 Å². The molecule has 2 N–H and O–H groups in total. The molecule has 0 bridgehead atoms. The fourth-order valence-electron chi connectivity index (χ4n) is 5.70. The van der Waals surface area contributed by atoms with E-state index in [1.54, 1.807) is 26.3 Å². The number of rotatable bonds is 7. The van der Waals surface area contributed by atoms with Gasteiger partial charge in [0.2, 0.25) is 11.8 Å². The third kappa shape index (κ3) is 4.65. The minimum absolute atomic E-state index is 0.139. The Bertz CT molecular complexity index is 972. The first-order chi connectivity index (χ1) is 15.8. The van der Waals surface area contributed by atoms with Crippen LogP contribution in [-0.4, -0.2) is 60.8 Å². The van der Waals surface area contributed by atoms with E-state index in [2.05, 4.69) is 13.0 Å². The van der Waals surface area contributed by atoms with Crippen LogP contribution in [-0.2, 0) is 19.0 Å². The number of hydrogen-bond donors (Lipinski definition) is 2. The quantitative estimate of drug-likeness (QED) is 0.374. The summed E-state index contributed by atoms with van der Waals surface area (Å²) < 4.78 is 11.5. The summed E-state index contributed by atoms with van der Waals surface area (Å²) in [6.45, 7) is 2.49. The Labute approximate surface area is 195 Å². The number of hydrogen-bond acceptors (Lipinski definition) is 6. The fraction of sp³-hybridized carbons (Fsp3) is 0.520. The molecule has 2 aliphatic heterocycles. The lowest BCUT2D eigenvalue weighted by Crippen LogP contribution is -2.46. The van der Waals surface area contributed by atoms with Crippen molar-refractivity contribution in [1.29, 1.82) is 0 Å². The second kappa shape index (κ2) is 9.83. The maximum Gasteiger partial charge on any atom is 0.455 e. The molecular weight excluding hydrogens is 421 g/mol. The van der Waals surface area contributed by atoms with Gasteiger partial charge in [0.05, 0.1) is 24.5 Å². The van der Waals surface area contributed by atoms with E-state index in [1.807, 2.05) is 12.1 Å². The molecule has 3 aliphatic rings. The monoisotopic (exact) mass is 453 g/mol. The van der Waals surface area contributed by atoms with Crippen LogP contribution in [0, 0.1) is 17.8 Å². The van der Waals surface area contributed by atoms with Gasteiger partial charge >= 0.3 is 7.12 Å². The molecule has 2 amide bonds. The number of imide groups is 1. The van der Waals surface area contributed by atoms with E-state index < -0.39 is 13.0 Å². The SMILES string of the molecule is CC/C(=C\c1ccc(O)cc1)CC[C@H]1OB(O)C[C@H]2C1=C(COC)C[C@H]1C(=O)N(C)C(=O)[C@H]12. The number of fused-ring (bicyclic) bond motifs is 3. The number of aromatic hydroxyl groups is 1. The fourth-order valence-corrected chi connectivity index (χ4v) is 5.70. The van der Waals surface area contributed by atoms with Crippen molar-refractivity contribution in [3.63, 3.8) is 0 Å². The predicted molar refractivity (Wildman–Crippen MR) is 125 cm³/mol. The highest BCUT2D eigenvalue weighted by Gasteiger charge is 2.56. The Kier molecular flexibility index (Phi) is 7.07. The van der Waals surface area contributed by atoms with Crippen LogP contribution in [0.1, 0.15) is 38.2 Å². The van der Waals surface area contributed by atoms with Gasteiger partial charge in [0.25, 0.3) is 0 Å². The van der Waals surface area contributed by atoms with Crippen molar-refractivity contribution in [1.82, 2.24) is 4.90 Å². The van der Waals surface area contributed by atoms with Crippen molar-refractivity contribution in [3.8, 4) is 5.75 Å².